The quantitative estimate of drug-likeness (QED) is 0.512. The number of anilines is 1. The number of nitrogens with one attached hydrogen (secondary N) is 1. The van der Waals surface area contributed by atoms with Crippen molar-refractivity contribution in [3.63, 3.8) is 0 Å². The normalized spacial score (nSPS) is 10.2. The predicted molar refractivity (Wildman–Crippen MR) is 76.2 cm³/mol. The van der Waals surface area contributed by atoms with Crippen molar-refractivity contribution in [2.45, 2.75) is 6.61 Å². The molecule has 21 heavy (non-hydrogen) atoms. The van der Waals surface area contributed by atoms with Crippen molar-refractivity contribution < 1.29 is 14.8 Å². The van der Waals surface area contributed by atoms with Crippen LogP contribution in [0.1, 0.15) is 15.9 Å². The Hall–Kier alpha value is -2.51. The zero-order valence-corrected chi connectivity index (χ0v) is 11.4. The molecule has 0 aliphatic carbocycles. The van der Waals surface area contributed by atoms with Gasteiger partial charge in [0.15, 0.2) is 0 Å². The molecule has 0 atom stereocenters. The van der Waals surface area contributed by atoms with Crippen LogP contribution in [0.3, 0.4) is 0 Å². The molecule has 0 spiro atoms. The number of aliphatic hydroxyl groups is 1. The Morgan fingerprint density at radius 1 is 1.43 bits per heavy atom. The first-order valence-electron chi connectivity index (χ1n) is 5.83. The summed E-state index contributed by atoms with van der Waals surface area (Å²) in [5.74, 6) is -0.642. The van der Waals surface area contributed by atoms with E-state index in [-0.39, 0.29) is 23.0 Å². The Labute approximate surface area is 124 Å². The van der Waals surface area contributed by atoms with E-state index in [1.807, 2.05) is 0 Å². The van der Waals surface area contributed by atoms with Crippen molar-refractivity contribution in [2.75, 3.05) is 5.32 Å². The summed E-state index contributed by atoms with van der Waals surface area (Å²) in [7, 11) is 0. The van der Waals surface area contributed by atoms with Gasteiger partial charge in [-0.15, -0.1) is 0 Å². The first-order chi connectivity index (χ1) is 10.0. The Balaban J connectivity index is 2.32. The number of aromatic nitrogens is 1. The number of carbonyl (C=O) groups is 1. The second-order valence-electron chi connectivity index (χ2n) is 4.06. The molecular formula is C13H10ClN3O4. The molecule has 108 valence electrons. The van der Waals surface area contributed by atoms with Crippen LogP contribution in [0, 0.1) is 10.1 Å². The highest BCUT2D eigenvalue weighted by Crippen LogP contribution is 2.22. The largest absolute Gasteiger partial charge is 0.392 e. The molecule has 0 fully saturated rings. The van der Waals surface area contributed by atoms with E-state index in [1.165, 1.54) is 0 Å². The maximum atomic E-state index is 12.1. The second-order valence-corrected chi connectivity index (χ2v) is 4.42. The molecule has 2 aromatic rings. The molecular weight excluding hydrogens is 298 g/mol. The van der Waals surface area contributed by atoms with Gasteiger partial charge in [-0.05, 0) is 6.07 Å². The van der Waals surface area contributed by atoms with Gasteiger partial charge >= 0.3 is 0 Å². The van der Waals surface area contributed by atoms with Crippen LogP contribution in [-0.4, -0.2) is 20.9 Å². The first kappa shape index (κ1) is 14.9. The number of hydrogen-bond donors (Lipinski definition) is 2. The van der Waals surface area contributed by atoms with Gasteiger partial charge in [0, 0.05) is 17.3 Å². The summed E-state index contributed by atoms with van der Waals surface area (Å²) in [5, 5.41) is 22.3. The molecule has 0 bridgehead atoms. The van der Waals surface area contributed by atoms with Crippen LogP contribution in [0.15, 0.2) is 36.5 Å². The van der Waals surface area contributed by atoms with Gasteiger partial charge in [0.1, 0.15) is 11.3 Å². The standard InChI is InChI=1S/C13H10ClN3O4/c14-12-10(5-9(6-15-12)17(20)21)13(19)16-11-4-2-1-3-8(11)7-18/h1-6,18H,7H2,(H,16,19). The fourth-order valence-electron chi connectivity index (χ4n) is 1.67. The third-order valence-electron chi connectivity index (χ3n) is 2.72. The fraction of sp³-hybridized carbons (Fsp3) is 0.0769. The van der Waals surface area contributed by atoms with Gasteiger partial charge in [-0.2, -0.15) is 0 Å². The van der Waals surface area contributed by atoms with Crippen molar-refractivity contribution in [1.82, 2.24) is 4.98 Å². The zero-order valence-electron chi connectivity index (χ0n) is 10.6. The van der Waals surface area contributed by atoms with E-state index in [4.69, 9.17) is 11.6 Å². The molecule has 1 heterocycles. The number of nitrogens with zero attached hydrogens (tertiary/aromatic N) is 2. The van der Waals surface area contributed by atoms with Gasteiger partial charge < -0.3 is 10.4 Å². The lowest BCUT2D eigenvalue weighted by molar-refractivity contribution is -0.385. The smallest absolute Gasteiger partial charge is 0.288 e. The van der Waals surface area contributed by atoms with Crippen molar-refractivity contribution >= 4 is 28.9 Å². The Bertz CT molecular complexity index is 706. The molecule has 1 aromatic carbocycles. The lowest BCUT2D eigenvalue weighted by atomic mass is 10.1. The highest BCUT2D eigenvalue weighted by Gasteiger charge is 2.18. The lowest BCUT2D eigenvalue weighted by Gasteiger charge is -2.09. The summed E-state index contributed by atoms with van der Waals surface area (Å²) in [5.41, 5.74) is 0.464. The zero-order chi connectivity index (χ0) is 15.4. The number of amides is 1. The molecule has 0 aliphatic rings. The molecule has 0 saturated carbocycles. The molecule has 0 saturated heterocycles. The van der Waals surface area contributed by atoms with Crippen LogP contribution in [-0.2, 0) is 6.61 Å². The summed E-state index contributed by atoms with van der Waals surface area (Å²) >= 11 is 5.79. The van der Waals surface area contributed by atoms with E-state index in [2.05, 4.69) is 10.3 Å². The molecule has 7 nitrogen and oxygen atoms in total. The van der Waals surface area contributed by atoms with E-state index >= 15 is 0 Å². The highest BCUT2D eigenvalue weighted by molar-refractivity contribution is 6.33. The number of halogens is 1. The fourth-order valence-corrected chi connectivity index (χ4v) is 1.86. The number of rotatable bonds is 4. The summed E-state index contributed by atoms with van der Waals surface area (Å²) in [6.07, 6.45) is 0.973. The monoisotopic (exact) mass is 307 g/mol. The molecule has 8 heteroatoms. The van der Waals surface area contributed by atoms with Gasteiger partial charge in [-0.1, -0.05) is 29.8 Å². The minimum atomic E-state index is -0.665. The Morgan fingerprint density at radius 3 is 2.81 bits per heavy atom. The van der Waals surface area contributed by atoms with Crippen LogP contribution >= 0.6 is 11.6 Å². The number of pyridine rings is 1. The molecule has 2 rings (SSSR count). The van der Waals surface area contributed by atoms with Crippen molar-refractivity contribution in [2.24, 2.45) is 0 Å². The Morgan fingerprint density at radius 2 is 2.14 bits per heavy atom. The van der Waals surface area contributed by atoms with Gasteiger partial charge in [0.2, 0.25) is 0 Å². The van der Waals surface area contributed by atoms with E-state index in [0.717, 1.165) is 12.3 Å². The molecule has 0 radical (unpaired) electrons. The van der Waals surface area contributed by atoms with Gasteiger partial charge in [-0.3, -0.25) is 14.9 Å². The van der Waals surface area contributed by atoms with Crippen LogP contribution in [0.2, 0.25) is 5.15 Å². The lowest BCUT2D eigenvalue weighted by Crippen LogP contribution is -2.14. The van der Waals surface area contributed by atoms with Gasteiger partial charge in [-0.25, -0.2) is 4.98 Å². The summed E-state index contributed by atoms with van der Waals surface area (Å²) in [4.78, 5) is 25.8. The number of hydrogen-bond acceptors (Lipinski definition) is 5. The maximum absolute atomic E-state index is 12.1. The van der Waals surface area contributed by atoms with Crippen molar-refractivity contribution in [1.29, 1.82) is 0 Å². The Kier molecular flexibility index (Phi) is 4.46. The number of para-hydroxylation sites is 1. The molecule has 0 aliphatic heterocycles. The average molecular weight is 308 g/mol. The minimum absolute atomic E-state index is 0.112. The van der Waals surface area contributed by atoms with Crippen LogP contribution in [0.25, 0.3) is 0 Å². The SMILES string of the molecule is O=C(Nc1ccccc1CO)c1cc([N+](=O)[O-])cnc1Cl. The van der Waals surface area contributed by atoms with Crippen LogP contribution < -0.4 is 5.32 Å². The van der Waals surface area contributed by atoms with E-state index in [9.17, 15) is 20.0 Å². The van der Waals surface area contributed by atoms with E-state index in [1.54, 1.807) is 24.3 Å². The van der Waals surface area contributed by atoms with Crippen LogP contribution in [0.4, 0.5) is 11.4 Å². The molecule has 2 N–H and O–H groups in total. The summed E-state index contributed by atoms with van der Waals surface area (Å²) in [6.45, 7) is -0.253. The first-order valence-corrected chi connectivity index (χ1v) is 6.20. The van der Waals surface area contributed by atoms with Crippen molar-refractivity contribution in [3.8, 4) is 0 Å². The highest BCUT2D eigenvalue weighted by atomic mass is 35.5. The van der Waals surface area contributed by atoms with Gasteiger partial charge in [0.05, 0.1) is 17.1 Å². The third kappa shape index (κ3) is 3.33. The van der Waals surface area contributed by atoms with Crippen molar-refractivity contribution in [3.05, 3.63) is 62.9 Å². The van der Waals surface area contributed by atoms with E-state index < -0.39 is 10.8 Å². The van der Waals surface area contributed by atoms with Crippen LogP contribution in [0.5, 0.6) is 0 Å². The third-order valence-corrected chi connectivity index (χ3v) is 3.02. The number of nitro groups is 1. The average Bonchev–Trinajstić information content (AvgIpc) is 2.47. The number of benzene rings is 1. The molecule has 0 unspecified atom stereocenters. The minimum Gasteiger partial charge on any atom is -0.392 e. The molecule has 1 aromatic heterocycles. The topological polar surface area (TPSA) is 105 Å². The summed E-state index contributed by atoms with van der Waals surface area (Å²) in [6, 6.07) is 7.68. The summed E-state index contributed by atoms with van der Waals surface area (Å²) < 4.78 is 0. The second kappa shape index (κ2) is 6.29. The number of aliphatic hydroxyl groups excluding tert-OH is 1. The van der Waals surface area contributed by atoms with E-state index in [0.29, 0.717) is 11.3 Å². The molecule has 1 amide bonds. The number of carbonyl (C=O) groups excluding carboxylic acids is 1. The predicted octanol–water partition coefficient (Wildman–Crippen LogP) is 2.39. The van der Waals surface area contributed by atoms with Gasteiger partial charge in [0.25, 0.3) is 11.6 Å². The maximum Gasteiger partial charge on any atom is 0.288 e.